The number of carbonyl (C=O) groups is 2. The van der Waals surface area contributed by atoms with Gasteiger partial charge >= 0.3 is 5.97 Å². The van der Waals surface area contributed by atoms with Gasteiger partial charge in [0.25, 0.3) is 11.5 Å². The molecule has 10 heteroatoms. The summed E-state index contributed by atoms with van der Waals surface area (Å²) < 4.78 is 0. The van der Waals surface area contributed by atoms with Crippen molar-refractivity contribution in [2.24, 2.45) is 5.73 Å². The lowest BCUT2D eigenvalue weighted by atomic mass is 10.1. The molecule has 0 unspecified atom stereocenters. The van der Waals surface area contributed by atoms with Crippen LogP contribution in [0, 0.1) is 5.41 Å². The van der Waals surface area contributed by atoms with Crippen molar-refractivity contribution in [3.63, 3.8) is 0 Å². The second-order valence-corrected chi connectivity index (χ2v) is 6.82. The molecule has 0 spiro atoms. The first-order chi connectivity index (χ1) is 13.8. The van der Waals surface area contributed by atoms with Crippen LogP contribution in [0.2, 0.25) is 5.02 Å². The Morgan fingerprint density at radius 2 is 2.03 bits per heavy atom. The molecular formula is C19H22ClN5O4. The molecule has 2 aromatic rings. The molecule has 0 aliphatic carbocycles. The number of carboxylic acids is 1. The zero-order valence-corrected chi connectivity index (χ0v) is 16.3. The van der Waals surface area contributed by atoms with Crippen LogP contribution >= 0.6 is 11.6 Å². The number of benzene rings is 1. The fourth-order valence-corrected chi connectivity index (χ4v) is 2.90. The van der Waals surface area contributed by atoms with Crippen LogP contribution in [0.3, 0.4) is 0 Å². The van der Waals surface area contributed by atoms with Crippen LogP contribution < -0.4 is 21.9 Å². The van der Waals surface area contributed by atoms with Crippen molar-refractivity contribution in [1.82, 2.24) is 15.6 Å². The van der Waals surface area contributed by atoms with Gasteiger partial charge in [-0.2, -0.15) is 0 Å². The van der Waals surface area contributed by atoms with Crippen LogP contribution in [-0.2, 0) is 11.2 Å². The number of halogens is 1. The van der Waals surface area contributed by atoms with Crippen LogP contribution in [0.5, 0.6) is 0 Å². The molecule has 0 saturated heterocycles. The molecular weight excluding hydrogens is 398 g/mol. The Balaban J connectivity index is 2.02. The topological polar surface area (TPSA) is 161 Å². The Hall–Kier alpha value is -3.33. The van der Waals surface area contributed by atoms with Gasteiger partial charge in [-0.25, -0.2) is 4.79 Å². The second kappa shape index (κ2) is 10.3. The van der Waals surface area contributed by atoms with E-state index in [4.69, 9.17) is 22.7 Å². The van der Waals surface area contributed by atoms with Crippen molar-refractivity contribution in [2.75, 3.05) is 6.54 Å². The number of aliphatic carboxylic acids is 1. The Labute approximate surface area is 171 Å². The van der Waals surface area contributed by atoms with Gasteiger partial charge in [-0.15, -0.1) is 0 Å². The number of rotatable bonds is 9. The molecule has 0 radical (unpaired) electrons. The van der Waals surface area contributed by atoms with E-state index >= 15 is 0 Å². The molecule has 1 heterocycles. The lowest BCUT2D eigenvalue weighted by molar-refractivity contribution is -0.139. The molecule has 0 saturated carbocycles. The number of amides is 1. The van der Waals surface area contributed by atoms with Crippen molar-refractivity contribution < 1.29 is 14.7 Å². The maximum absolute atomic E-state index is 12.4. The quantitative estimate of drug-likeness (QED) is 0.202. The average Bonchev–Trinajstić information content (AvgIpc) is 2.63. The summed E-state index contributed by atoms with van der Waals surface area (Å²) in [5.74, 6) is -2.20. The first-order valence-corrected chi connectivity index (χ1v) is 9.22. The van der Waals surface area contributed by atoms with Gasteiger partial charge in [0.05, 0.1) is 0 Å². The van der Waals surface area contributed by atoms with Gasteiger partial charge < -0.3 is 26.5 Å². The van der Waals surface area contributed by atoms with Crippen LogP contribution in [0.4, 0.5) is 0 Å². The van der Waals surface area contributed by atoms with Gasteiger partial charge in [0.15, 0.2) is 5.96 Å². The minimum Gasteiger partial charge on any atom is -0.480 e. The molecule has 7 N–H and O–H groups in total. The molecule has 1 aromatic carbocycles. The SMILES string of the molecule is N=C(N)NCCC[C@H](NC(=O)c1ccc(Cc2cccc(Cl)c2)[nH]c1=O)C(=O)O. The summed E-state index contributed by atoms with van der Waals surface area (Å²) in [6.45, 7) is 0.299. The number of guanidine groups is 1. The third-order valence-corrected chi connectivity index (χ3v) is 4.32. The summed E-state index contributed by atoms with van der Waals surface area (Å²) in [7, 11) is 0. The molecule has 0 aliphatic rings. The van der Waals surface area contributed by atoms with E-state index in [0.717, 1.165) is 5.56 Å². The lowest BCUT2D eigenvalue weighted by Crippen LogP contribution is -2.43. The number of H-pyrrole nitrogens is 1. The molecule has 0 aliphatic heterocycles. The zero-order valence-electron chi connectivity index (χ0n) is 15.5. The summed E-state index contributed by atoms with van der Waals surface area (Å²) in [6, 6.07) is 8.99. The number of aromatic nitrogens is 1. The number of aromatic amines is 1. The van der Waals surface area contributed by atoms with Crippen LogP contribution in [0.25, 0.3) is 0 Å². The maximum Gasteiger partial charge on any atom is 0.326 e. The molecule has 2 rings (SSSR count). The molecule has 0 fully saturated rings. The lowest BCUT2D eigenvalue weighted by Gasteiger charge is -2.14. The Morgan fingerprint density at radius 3 is 2.66 bits per heavy atom. The Bertz CT molecular complexity index is 960. The predicted molar refractivity (Wildman–Crippen MR) is 109 cm³/mol. The molecule has 1 atom stereocenters. The number of carboxylic acid groups (broad SMARTS) is 1. The number of nitrogens with two attached hydrogens (primary N) is 1. The van der Waals surface area contributed by atoms with Crippen molar-refractivity contribution in [1.29, 1.82) is 5.41 Å². The highest BCUT2D eigenvalue weighted by Gasteiger charge is 2.21. The average molecular weight is 420 g/mol. The molecule has 29 heavy (non-hydrogen) atoms. The summed E-state index contributed by atoms with van der Waals surface area (Å²) in [6.07, 6.45) is 0.913. The highest BCUT2D eigenvalue weighted by Crippen LogP contribution is 2.13. The summed E-state index contributed by atoms with van der Waals surface area (Å²) in [5.41, 5.74) is 5.87. The van der Waals surface area contributed by atoms with E-state index in [1.165, 1.54) is 6.07 Å². The molecule has 1 aromatic heterocycles. The maximum atomic E-state index is 12.4. The summed E-state index contributed by atoms with van der Waals surface area (Å²) >= 11 is 5.95. The highest BCUT2D eigenvalue weighted by molar-refractivity contribution is 6.30. The van der Waals surface area contributed by atoms with Gasteiger partial charge in [-0.1, -0.05) is 23.7 Å². The van der Waals surface area contributed by atoms with E-state index in [0.29, 0.717) is 30.1 Å². The van der Waals surface area contributed by atoms with Gasteiger partial charge in [-0.3, -0.25) is 15.0 Å². The second-order valence-electron chi connectivity index (χ2n) is 6.38. The van der Waals surface area contributed by atoms with Crippen LogP contribution in [-0.4, -0.2) is 40.5 Å². The third kappa shape index (κ3) is 6.96. The molecule has 9 nitrogen and oxygen atoms in total. The number of hydrogen-bond acceptors (Lipinski definition) is 4. The molecule has 0 bridgehead atoms. The largest absolute Gasteiger partial charge is 0.480 e. The first kappa shape index (κ1) is 22.0. The Kier molecular flexibility index (Phi) is 7.79. The van der Waals surface area contributed by atoms with Gasteiger partial charge in [0, 0.05) is 23.7 Å². The van der Waals surface area contributed by atoms with E-state index in [-0.39, 0.29) is 17.9 Å². The van der Waals surface area contributed by atoms with Crippen LogP contribution in [0.1, 0.15) is 34.5 Å². The fraction of sp³-hybridized carbons (Fsp3) is 0.263. The summed E-state index contributed by atoms with van der Waals surface area (Å²) in [4.78, 5) is 38.6. The monoisotopic (exact) mass is 419 g/mol. The van der Waals surface area contributed by atoms with Crippen molar-refractivity contribution in [2.45, 2.75) is 25.3 Å². The standard InChI is InChI=1S/C19H22ClN5O4/c20-12-4-1-3-11(9-12)10-13-6-7-14(16(26)24-13)17(27)25-15(18(28)29)5-2-8-23-19(21)22/h1,3-4,6-7,9,15H,2,5,8,10H2,(H,24,26)(H,25,27)(H,28,29)(H4,21,22,23)/t15-/m0/s1. The normalized spacial score (nSPS) is 11.5. The first-order valence-electron chi connectivity index (χ1n) is 8.84. The Morgan fingerprint density at radius 1 is 1.28 bits per heavy atom. The van der Waals surface area contributed by atoms with E-state index < -0.39 is 23.5 Å². The number of pyridine rings is 1. The minimum absolute atomic E-state index is 0.117. The number of hydrogen-bond donors (Lipinski definition) is 6. The number of carbonyl (C=O) groups excluding carboxylic acids is 1. The van der Waals surface area contributed by atoms with Crippen molar-refractivity contribution >= 4 is 29.4 Å². The zero-order chi connectivity index (χ0) is 21.4. The minimum atomic E-state index is -1.21. The predicted octanol–water partition coefficient (Wildman–Crippen LogP) is 1.07. The van der Waals surface area contributed by atoms with E-state index in [9.17, 15) is 19.5 Å². The van der Waals surface area contributed by atoms with Crippen molar-refractivity contribution in [3.8, 4) is 0 Å². The number of nitrogens with one attached hydrogen (secondary N) is 4. The van der Waals surface area contributed by atoms with Crippen LogP contribution in [0.15, 0.2) is 41.2 Å². The van der Waals surface area contributed by atoms with Gasteiger partial charge in [0.1, 0.15) is 11.6 Å². The van der Waals surface area contributed by atoms with E-state index in [2.05, 4.69) is 15.6 Å². The van der Waals surface area contributed by atoms with Gasteiger partial charge in [-0.05, 0) is 42.7 Å². The van der Waals surface area contributed by atoms with Gasteiger partial charge in [0.2, 0.25) is 0 Å². The summed E-state index contributed by atoms with van der Waals surface area (Å²) in [5, 5.41) is 21.8. The molecule has 1 amide bonds. The highest BCUT2D eigenvalue weighted by atomic mass is 35.5. The van der Waals surface area contributed by atoms with E-state index in [1.54, 1.807) is 24.3 Å². The molecule has 154 valence electrons. The third-order valence-electron chi connectivity index (χ3n) is 4.09. The van der Waals surface area contributed by atoms with Crippen molar-refractivity contribution in [3.05, 3.63) is 68.6 Å². The smallest absolute Gasteiger partial charge is 0.326 e. The van der Waals surface area contributed by atoms with E-state index in [1.807, 2.05) is 6.07 Å². The fourth-order valence-electron chi connectivity index (χ4n) is 2.69.